The van der Waals surface area contributed by atoms with E-state index in [4.69, 9.17) is 0 Å². The minimum atomic E-state index is -0.146. The molecule has 0 atom stereocenters. The van der Waals surface area contributed by atoms with Gasteiger partial charge in [-0.3, -0.25) is 9.58 Å². The Balaban J connectivity index is 1.97. The first-order valence-electron chi connectivity index (χ1n) is 5.54. The van der Waals surface area contributed by atoms with Crippen molar-refractivity contribution >= 4 is 28.8 Å². The molecule has 0 saturated carbocycles. The molecule has 0 spiro atoms. The summed E-state index contributed by atoms with van der Waals surface area (Å²) in [7, 11) is 1.83. The number of hydrogen-bond acceptors (Lipinski definition) is 3. The number of hydrogen-bond donors (Lipinski definition) is 1. The second-order valence-electron chi connectivity index (χ2n) is 4.04. The first-order valence-corrected chi connectivity index (χ1v) is 6.48. The Bertz CT molecular complexity index is 599. The summed E-state index contributed by atoms with van der Waals surface area (Å²) in [5.41, 5.74) is 2.22. The molecule has 0 aliphatic carbocycles. The summed E-state index contributed by atoms with van der Waals surface area (Å²) < 4.78 is 1.68. The number of aromatic nitrogens is 2. The van der Waals surface area contributed by atoms with Crippen molar-refractivity contribution in [2.75, 3.05) is 11.4 Å². The lowest BCUT2D eigenvalue weighted by molar-refractivity contribution is 0.248. The van der Waals surface area contributed by atoms with Crippen LogP contribution in [0.4, 0.5) is 10.6 Å². The lowest BCUT2D eigenvalue weighted by Gasteiger charge is -2.23. The van der Waals surface area contributed by atoms with Crippen molar-refractivity contribution in [3.63, 3.8) is 0 Å². The third-order valence-electron chi connectivity index (χ3n) is 2.77. The van der Waals surface area contributed by atoms with E-state index in [1.165, 1.54) is 4.90 Å². The van der Waals surface area contributed by atoms with Crippen molar-refractivity contribution in [3.8, 4) is 0 Å². The molecular formula is C12H12N4OS. The highest BCUT2D eigenvalue weighted by atomic mass is 32.1. The second-order valence-corrected chi connectivity index (χ2v) is 4.82. The SMILES string of the molecule is Cn1ccc(N2C=C(c3ccsc3)CNC2=O)n1. The van der Waals surface area contributed by atoms with Gasteiger partial charge in [0.05, 0.1) is 0 Å². The molecule has 1 aliphatic heterocycles. The van der Waals surface area contributed by atoms with E-state index in [-0.39, 0.29) is 6.03 Å². The van der Waals surface area contributed by atoms with Crippen LogP contribution in [0.2, 0.25) is 0 Å². The quantitative estimate of drug-likeness (QED) is 0.898. The Kier molecular flexibility index (Phi) is 2.64. The Morgan fingerprint density at radius 2 is 2.33 bits per heavy atom. The molecule has 0 radical (unpaired) electrons. The van der Waals surface area contributed by atoms with Gasteiger partial charge in [0.2, 0.25) is 0 Å². The summed E-state index contributed by atoms with van der Waals surface area (Å²) in [4.78, 5) is 13.4. The largest absolute Gasteiger partial charge is 0.333 e. The van der Waals surface area contributed by atoms with Crippen LogP contribution in [0.15, 0.2) is 35.3 Å². The molecule has 92 valence electrons. The summed E-state index contributed by atoms with van der Waals surface area (Å²) >= 11 is 1.64. The maximum atomic E-state index is 11.8. The van der Waals surface area contributed by atoms with Gasteiger partial charge in [-0.15, -0.1) is 0 Å². The number of urea groups is 1. The first kappa shape index (κ1) is 11.0. The van der Waals surface area contributed by atoms with Gasteiger partial charge < -0.3 is 5.32 Å². The van der Waals surface area contributed by atoms with E-state index < -0.39 is 0 Å². The van der Waals surface area contributed by atoms with Crippen LogP contribution >= 0.6 is 11.3 Å². The predicted molar refractivity (Wildman–Crippen MR) is 71.4 cm³/mol. The van der Waals surface area contributed by atoms with Crippen molar-refractivity contribution < 1.29 is 4.79 Å². The highest BCUT2D eigenvalue weighted by molar-refractivity contribution is 7.08. The van der Waals surface area contributed by atoms with Gasteiger partial charge in [-0.1, -0.05) is 0 Å². The molecule has 0 unspecified atom stereocenters. The first-order chi connectivity index (χ1) is 8.74. The summed E-state index contributed by atoms with van der Waals surface area (Å²) in [6.45, 7) is 0.554. The Hall–Kier alpha value is -2.08. The summed E-state index contributed by atoms with van der Waals surface area (Å²) in [5.74, 6) is 0.627. The molecule has 0 bridgehead atoms. The summed E-state index contributed by atoms with van der Waals surface area (Å²) in [6, 6.07) is 3.71. The van der Waals surface area contributed by atoms with Gasteiger partial charge in [0.15, 0.2) is 5.82 Å². The standard InChI is InChI=1S/C12H12N4OS/c1-15-4-2-11(14-15)16-7-10(6-13-12(16)17)9-3-5-18-8-9/h2-5,7-8H,6H2,1H3,(H,13,17). The molecule has 1 N–H and O–H groups in total. The highest BCUT2D eigenvalue weighted by Gasteiger charge is 2.21. The van der Waals surface area contributed by atoms with Gasteiger partial charge in [-0.25, -0.2) is 4.79 Å². The molecular weight excluding hydrogens is 248 g/mol. The third-order valence-corrected chi connectivity index (χ3v) is 3.46. The number of rotatable bonds is 2. The molecule has 2 amide bonds. The zero-order valence-electron chi connectivity index (χ0n) is 9.83. The smallest absolute Gasteiger partial charge is 0.327 e. The van der Waals surface area contributed by atoms with Crippen molar-refractivity contribution in [3.05, 3.63) is 40.9 Å². The highest BCUT2D eigenvalue weighted by Crippen LogP contribution is 2.23. The summed E-state index contributed by atoms with van der Waals surface area (Å²) in [6.07, 6.45) is 3.67. The predicted octanol–water partition coefficient (Wildman–Crippen LogP) is 2.05. The second kappa shape index (κ2) is 4.30. The van der Waals surface area contributed by atoms with Crippen LogP contribution in [0, 0.1) is 0 Å². The van der Waals surface area contributed by atoms with Gasteiger partial charge in [-0.05, 0) is 28.0 Å². The van der Waals surface area contributed by atoms with Crippen LogP contribution in [-0.2, 0) is 7.05 Å². The zero-order valence-corrected chi connectivity index (χ0v) is 10.6. The maximum Gasteiger partial charge on any atom is 0.327 e. The number of amides is 2. The summed E-state index contributed by atoms with van der Waals surface area (Å²) in [5, 5.41) is 11.2. The maximum absolute atomic E-state index is 11.8. The van der Waals surface area contributed by atoms with E-state index >= 15 is 0 Å². The average molecular weight is 260 g/mol. The fraction of sp³-hybridized carbons (Fsp3) is 0.167. The normalized spacial score (nSPS) is 15.5. The number of nitrogens with zero attached hydrogens (tertiary/aromatic N) is 3. The number of nitrogens with one attached hydrogen (secondary N) is 1. The Labute approximate surface area is 108 Å². The van der Waals surface area contributed by atoms with E-state index in [0.29, 0.717) is 12.4 Å². The fourth-order valence-electron chi connectivity index (χ4n) is 1.84. The van der Waals surface area contributed by atoms with Crippen molar-refractivity contribution in [1.29, 1.82) is 0 Å². The van der Waals surface area contributed by atoms with Crippen LogP contribution in [-0.4, -0.2) is 22.4 Å². The minimum Gasteiger partial charge on any atom is -0.333 e. The van der Waals surface area contributed by atoms with Crippen LogP contribution in [0.3, 0.4) is 0 Å². The van der Waals surface area contributed by atoms with E-state index in [2.05, 4.69) is 15.8 Å². The van der Waals surface area contributed by atoms with Crippen molar-refractivity contribution in [2.24, 2.45) is 7.05 Å². The van der Waals surface area contributed by atoms with E-state index in [1.807, 2.05) is 37.0 Å². The van der Waals surface area contributed by atoms with Gasteiger partial charge >= 0.3 is 6.03 Å². The number of aryl methyl sites for hydroxylation is 1. The van der Waals surface area contributed by atoms with E-state index in [0.717, 1.165) is 11.1 Å². The Morgan fingerprint density at radius 1 is 1.44 bits per heavy atom. The molecule has 6 heteroatoms. The van der Waals surface area contributed by atoms with Crippen molar-refractivity contribution in [1.82, 2.24) is 15.1 Å². The van der Waals surface area contributed by atoms with Gasteiger partial charge in [0.1, 0.15) is 0 Å². The van der Waals surface area contributed by atoms with Crippen LogP contribution in [0.1, 0.15) is 5.56 Å². The topological polar surface area (TPSA) is 50.2 Å². The lowest BCUT2D eigenvalue weighted by Crippen LogP contribution is -2.41. The molecule has 2 aromatic heterocycles. The van der Waals surface area contributed by atoms with Gasteiger partial charge in [-0.2, -0.15) is 16.4 Å². The van der Waals surface area contributed by atoms with E-state index in [1.54, 1.807) is 16.0 Å². The molecule has 3 rings (SSSR count). The van der Waals surface area contributed by atoms with E-state index in [9.17, 15) is 4.79 Å². The molecule has 0 aromatic carbocycles. The van der Waals surface area contributed by atoms with Crippen LogP contribution < -0.4 is 10.2 Å². The molecule has 5 nitrogen and oxygen atoms in total. The average Bonchev–Trinajstić information content (AvgIpc) is 3.01. The number of carbonyl (C=O) groups is 1. The third kappa shape index (κ3) is 1.91. The minimum absolute atomic E-state index is 0.146. The molecule has 18 heavy (non-hydrogen) atoms. The zero-order chi connectivity index (χ0) is 12.5. The molecule has 0 fully saturated rings. The van der Waals surface area contributed by atoms with Crippen molar-refractivity contribution in [2.45, 2.75) is 0 Å². The Morgan fingerprint density at radius 3 is 3.00 bits per heavy atom. The molecule has 2 aromatic rings. The molecule has 3 heterocycles. The lowest BCUT2D eigenvalue weighted by atomic mass is 10.1. The number of anilines is 1. The van der Waals surface area contributed by atoms with Gasteiger partial charge in [0.25, 0.3) is 0 Å². The van der Waals surface area contributed by atoms with Crippen LogP contribution in [0.25, 0.3) is 5.57 Å². The molecule has 0 saturated heterocycles. The number of carbonyl (C=O) groups excluding carboxylic acids is 1. The fourth-order valence-corrected chi connectivity index (χ4v) is 2.52. The number of thiophene rings is 1. The molecule has 1 aliphatic rings. The monoisotopic (exact) mass is 260 g/mol. The van der Waals surface area contributed by atoms with Crippen LogP contribution in [0.5, 0.6) is 0 Å². The van der Waals surface area contributed by atoms with Gasteiger partial charge in [0, 0.05) is 32.1 Å².